The first-order chi connectivity index (χ1) is 13.8. The number of ether oxygens (including phenoxy) is 2. The summed E-state index contributed by atoms with van der Waals surface area (Å²) in [6.07, 6.45) is 1.40. The first-order valence-corrected chi connectivity index (χ1v) is 9.11. The first kappa shape index (κ1) is 22.0. The van der Waals surface area contributed by atoms with Gasteiger partial charge in [0.05, 0.1) is 17.8 Å². The molecule has 0 aliphatic rings. The number of nitrogens with one attached hydrogen (secondary N) is 1. The Bertz CT molecular complexity index is 898. The summed E-state index contributed by atoms with van der Waals surface area (Å²) in [5.74, 6) is 0.0372. The van der Waals surface area contributed by atoms with Gasteiger partial charge in [0.1, 0.15) is 5.75 Å². The molecule has 0 aliphatic heterocycles. The van der Waals surface area contributed by atoms with E-state index in [0.29, 0.717) is 23.5 Å². The van der Waals surface area contributed by atoms with E-state index in [9.17, 15) is 14.7 Å². The molecule has 2 N–H and O–H groups in total. The summed E-state index contributed by atoms with van der Waals surface area (Å²) in [7, 11) is 3.26. The van der Waals surface area contributed by atoms with Crippen LogP contribution in [0.1, 0.15) is 22.8 Å². The van der Waals surface area contributed by atoms with E-state index < -0.39 is 5.91 Å². The quantitative estimate of drug-likeness (QED) is 0.506. The minimum Gasteiger partial charge on any atom is -0.508 e. The summed E-state index contributed by atoms with van der Waals surface area (Å²) in [6, 6.07) is 8.99. The van der Waals surface area contributed by atoms with E-state index in [1.165, 1.54) is 35.4 Å². The van der Waals surface area contributed by atoms with Crippen molar-refractivity contribution >= 4 is 29.6 Å². The van der Waals surface area contributed by atoms with E-state index in [0.717, 1.165) is 0 Å². The fourth-order valence-electron chi connectivity index (χ4n) is 2.17. The number of carbonyl (C=O) groups excluding carboxylic acids is 2. The van der Waals surface area contributed by atoms with Crippen LogP contribution in [0.25, 0.3) is 0 Å². The zero-order chi connectivity index (χ0) is 21.4. The molecule has 0 aromatic heterocycles. The van der Waals surface area contributed by atoms with Gasteiger partial charge in [0, 0.05) is 19.7 Å². The summed E-state index contributed by atoms with van der Waals surface area (Å²) in [5.41, 5.74) is 3.30. The molecule has 0 radical (unpaired) electrons. The van der Waals surface area contributed by atoms with Crippen molar-refractivity contribution in [1.29, 1.82) is 0 Å². The molecule has 0 spiro atoms. The zero-order valence-electron chi connectivity index (χ0n) is 16.3. The monoisotopic (exact) mass is 419 g/mol. The normalized spacial score (nSPS) is 10.6. The lowest BCUT2D eigenvalue weighted by molar-refractivity contribution is -0.130. The van der Waals surface area contributed by atoms with Gasteiger partial charge in [0.15, 0.2) is 18.1 Å². The molecule has 9 heteroatoms. The molecule has 154 valence electrons. The molecular formula is C20H22ClN3O5. The Morgan fingerprint density at radius 1 is 1.21 bits per heavy atom. The molecule has 2 rings (SSSR count). The Labute approximate surface area is 173 Å². The van der Waals surface area contributed by atoms with Crippen LogP contribution in [0.5, 0.6) is 17.2 Å². The van der Waals surface area contributed by atoms with E-state index in [1.54, 1.807) is 33.2 Å². The molecule has 2 aromatic carbocycles. The number of nitrogens with zero attached hydrogens (tertiary/aromatic N) is 2. The number of rotatable bonds is 8. The average molecular weight is 420 g/mol. The van der Waals surface area contributed by atoms with Gasteiger partial charge in [0.25, 0.3) is 11.8 Å². The van der Waals surface area contributed by atoms with Gasteiger partial charge in [-0.15, -0.1) is 0 Å². The molecule has 0 fully saturated rings. The molecule has 0 bridgehead atoms. The predicted octanol–water partition coefficient (Wildman–Crippen LogP) is 2.68. The molecule has 0 atom stereocenters. The summed E-state index contributed by atoms with van der Waals surface area (Å²) in [6.45, 7) is 2.00. The van der Waals surface area contributed by atoms with E-state index in [2.05, 4.69) is 10.5 Å². The van der Waals surface area contributed by atoms with Gasteiger partial charge in [-0.05, 0) is 48.9 Å². The Balaban J connectivity index is 2.12. The molecule has 29 heavy (non-hydrogen) atoms. The standard InChI is InChI=1S/C20H22ClN3O5/c1-4-28-17-10-13(9-16(21)19(17)29-12-18(26)24(2)3)11-22-23-20(27)14-5-7-15(25)8-6-14/h5-11,25H,4,12H2,1-3H3,(H,23,27)/b22-11-. The van der Waals surface area contributed by atoms with Crippen LogP contribution in [-0.4, -0.2) is 55.3 Å². The number of hydrazone groups is 1. The molecular weight excluding hydrogens is 398 g/mol. The summed E-state index contributed by atoms with van der Waals surface area (Å²) in [5, 5.41) is 13.4. The first-order valence-electron chi connectivity index (χ1n) is 8.73. The van der Waals surface area contributed by atoms with Crippen molar-refractivity contribution in [3.8, 4) is 17.2 Å². The van der Waals surface area contributed by atoms with Gasteiger partial charge in [-0.25, -0.2) is 5.43 Å². The van der Waals surface area contributed by atoms with Crippen molar-refractivity contribution in [3.05, 3.63) is 52.5 Å². The maximum absolute atomic E-state index is 12.0. The lowest BCUT2D eigenvalue weighted by atomic mass is 10.2. The molecule has 0 saturated carbocycles. The van der Waals surface area contributed by atoms with Crippen molar-refractivity contribution in [2.45, 2.75) is 6.92 Å². The van der Waals surface area contributed by atoms with Crippen LogP contribution in [0.2, 0.25) is 5.02 Å². The van der Waals surface area contributed by atoms with Crippen LogP contribution >= 0.6 is 11.6 Å². The topological polar surface area (TPSA) is 100 Å². The van der Waals surface area contributed by atoms with Crippen molar-refractivity contribution in [1.82, 2.24) is 10.3 Å². The second-order valence-electron chi connectivity index (χ2n) is 6.09. The number of hydrogen-bond donors (Lipinski definition) is 2. The number of carbonyl (C=O) groups is 2. The number of likely N-dealkylation sites (N-methyl/N-ethyl adjacent to an activating group) is 1. The maximum atomic E-state index is 12.0. The number of phenols is 1. The van der Waals surface area contributed by atoms with Gasteiger partial charge >= 0.3 is 0 Å². The fraction of sp³-hybridized carbons (Fsp3) is 0.250. The second kappa shape index (κ2) is 10.3. The van der Waals surface area contributed by atoms with Crippen molar-refractivity contribution in [2.75, 3.05) is 27.3 Å². The third-order valence-electron chi connectivity index (χ3n) is 3.68. The third-order valence-corrected chi connectivity index (χ3v) is 3.96. The summed E-state index contributed by atoms with van der Waals surface area (Å²) in [4.78, 5) is 25.2. The molecule has 0 heterocycles. The lowest BCUT2D eigenvalue weighted by Gasteiger charge is -2.16. The van der Waals surface area contributed by atoms with Gasteiger partial charge in [-0.1, -0.05) is 11.6 Å². The third kappa shape index (κ3) is 6.39. The highest BCUT2D eigenvalue weighted by Gasteiger charge is 2.15. The van der Waals surface area contributed by atoms with E-state index in [-0.39, 0.29) is 29.0 Å². The highest BCUT2D eigenvalue weighted by Crippen LogP contribution is 2.36. The Hall–Kier alpha value is -3.26. The van der Waals surface area contributed by atoms with Crippen molar-refractivity contribution < 1.29 is 24.2 Å². The zero-order valence-corrected chi connectivity index (χ0v) is 17.1. The highest BCUT2D eigenvalue weighted by atomic mass is 35.5. The SMILES string of the molecule is CCOc1cc(/C=N\NC(=O)c2ccc(O)cc2)cc(Cl)c1OCC(=O)N(C)C. The van der Waals surface area contributed by atoms with Crippen LogP contribution < -0.4 is 14.9 Å². The van der Waals surface area contributed by atoms with Crippen molar-refractivity contribution in [2.24, 2.45) is 5.10 Å². The number of hydrogen-bond acceptors (Lipinski definition) is 6. The van der Waals surface area contributed by atoms with E-state index >= 15 is 0 Å². The molecule has 8 nitrogen and oxygen atoms in total. The number of amides is 2. The number of benzene rings is 2. The Morgan fingerprint density at radius 3 is 2.52 bits per heavy atom. The minimum atomic E-state index is -0.431. The Morgan fingerprint density at radius 2 is 1.90 bits per heavy atom. The maximum Gasteiger partial charge on any atom is 0.271 e. The van der Waals surface area contributed by atoms with Crippen LogP contribution in [0.15, 0.2) is 41.5 Å². The second-order valence-corrected chi connectivity index (χ2v) is 6.49. The largest absolute Gasteiger partial charge is 0.508 e. The summed E-state index contributed by atoms with van der Waals surface area (Å²) < 4.78 is 11.1. The minimum absolute atomic E-state index is 0.0673. The molecule has 2 amide bonds. The van der Waals surface area contributed by atoms with Gasteiger partial charge < -0.3 is 19.5 Å². The average Bonchev–Trinajstić information content (AvgIpc) is 2.67. The van der Waals surface area contributed by atoms with Crippen LogP contribution in [-0.2, 0) is 4.79 Å². The smallest absolute Gasteiger partial charge is 0.271 e. The van der Waals surface area contributed by atoms with Gasteiger partial charge in [0.2, 0.25) is 0 Å². The highest BCUT2D eigenvalue weighted by molar-refractivity contribution is 6.32. The van der Waals surface area contributed by atoms with Crippen LogP contribution in [0.3, 0.4) is 0 Å². The predicted molar refractivity (Wildman–Crippen MR) is 110 cm³/mol. The van der Waals surface area contributed by atoms with Crippen LogP contribution in [0, 0.1) is 0 Å². The van der Waals surface area contributed by atoms with Gasteiger partial charge in [-0.3, -0.25) is 9.59 Å². The lowest BCUT2D eigenvalue weighted by Crippen LogP contribution is -2.27. The summed E-state index contributed by atoms with van der Waals surface area (Å²) >= 11 is 6.28. The van der Waals surface area contributed by atoms with E-state index in [4.69, 9.17) is 21.1 Å². The fourth-order valence-corrected chi connectivity index (χ4v) is 2.44. The molecule has 2 aromatic rings. The van der Waals surface area contributed by atoms with Gasteiger partial charge in [-0.2, -0.15) is 5.10 Å². The Kier molecular flexibility index (Phi) is 7.85. The molecule has 0 saturated heterocycles. The van der Waals surface area contributed by atoms with E-state index in [1.807, 2.05) is 0 Å². The van der Waals surface area contributed by atoms with Crippen molar-refractivity contribution in [3.63, 3.8) is 0 Å². The van der Waals surface area contributed by atoms with Crippen LogP contribution in [0.4, 0.5) is 0 Å². The number of aromatic hydroxyl groups is 1. The molecule has 0 unspecified atom stereocenters. The number of phenolic OH excluding ortho intramolecular Hbond substituents is 1. The number of halogens is 1. The molecule has 0 aliphatic carbocycles.